The highest BCUT2D eigenvalue weighted by Crippen LogP contribution is 2.28. The number of aromatic nitrogens is 2. The number of thiol groups is 1. The molecule has 1 heterocycles. The summed E-state index contributed by atoms with van der Waals surface area (Å²) < 4.78 is 22.9. The normalized spacial score (nSPS) is 12.0. The summed E-state index contributed by atoms with van der Waals surface area (Å²) in [5.74, 6) is -1.38. The van der Waals surface area contributed by atoms with Crippen LogP contribution in [0.25, 0.3) is 11.1 Å². The number of amides is 1. The fraction of sp³-hybridized carbons (Fsp3) is 0.393. The van der Waals surface area contributed by atoms with E-state index in [1.165, 1.54) is 12.1 Å². The molecule has 37 heavy (non-hydrogen) atoms. The van der Waals surface area contributed by atoms with E-state index in [0.717, 1.165) is 11.4 Å². The minimum atomic E-state index is -1.07. The second-order valence-corrected chi connectivity index (χ2v) is 9.80. The Morgan fingerprint density at radius 3 is 2.54 bits per heavy atom. The third-order valence-electron chi connectivity index (χ3n) is 6.01. The summed E-state index contributed by atoms with van der Waals surface area (Å²) in [5.41, 5.74) is 2.91. The molecule has 0 aliphatic heterocycles. The van der Waals surface area contributed by atoms with E-state index >= 15 is 4.39 Å². The first-order chi connectivity index (χ1) is 17.7. The highest BCUT2D eigenvalue weighted by Gasteiger charge is 2.22. The molecule has 0 bridgehead atoms. The van der Waals surface area contributed by atoms with Crippen molar-refractivity contribution in [1.29, 1.82) is 0 Å². The van der Waals surface area contributed by atoms with Gasteiger partial charge in [-0.1, -0.05) is 51.1 Å². The number of nitrogens with one attached hydrogen (secondary N) is 1. The van der Waals surface area contributed by atoms with Crippen LogP contribution in [0, 0.1) is 11.7 Å². The van der Waals surface area contributed by atoms with Gasteiger partial charge in [0.2, 0.25) is 5.91 Å². The number of carboxylic acids is 1. The number of carboxylic acid groups (broad SMARTS) is 1. The van der Waals surface area contributed by atoms with Gasteiger partial charge in [0, 0.05) is 5.56 Å². The van der Waals surface area contributed by atoms with E-state index in [1.54, 1.807) is 34.9 Å². The van der Waals surface area contributed by atoms with E-state index < -0.39 is 17.0 Å². The van der Waals surface area contributed by atoms with Gasteiger partial charge in [-0.05, 0) is 48.9 Å². The maximum atomic E-state index is 15.3. The van der Waals surface area contributed by atoms with Crippen LogP contribution in [0.3, 0.4) is 0 Å². The first-order valence-electron chi connectivity index (χ1n) is 12.4. The first-order valence-corrected chi connectivity index (χ1v) is 13.0. The van der Waals surface area contributed by atoms with Crippen LogP contribution in [-0.4, -0.2) is 38.4 Å². The number of hydrogen-bond acceptors (Lipinski definition) is 5. The number of carbonyl (C=O) groups is 2. The molecule has 0 aliphatic rings. The maximum Gasteiger partial charge on any atom is 0.336 e. The molecule has 3 aromatic rings. The summed E-state index contributed by atoms with van der Waals surface area (Å²) in [5, 5.41) is 12.0. The van der Waals surface area contributed by atoms with Gasteiger partial charge in [-0.25, -0.2) is 9.18 Å². The van der Waals surface area contributed by atoms with Gasteiger partial charge < -0.3 is 15.2 Å². The third-order valence-corrected chi connectivity index (χ3v) is 6.45. The van der Waals surface area contributed by atoms with Crippen LogP contribution in [-0.2, 0) is 24.3 Å². The van der Waals surface area contributed by atoms with E-state index in [9.17, 15) is 14.7 Å². The van der Waals surface area contributed by atoms with Crippen LogP contribution in [0.15, 0.2) is 42.5 Å². The lowest BCUT2D eigenvalue weighted by Crippen LogP contribution is -2.32. The standard InChI is InChI=1S/C28H34FN3O4S/c1-5-23-24(15-30-26(33)25(37)13-17(3)4)32(28(31-23)36-6-2)16-19-12-11-18(14-22(19)29)20-9-7-8-10-21(20)27(34)35/h7-12,14,17,25,37H,5-6,13,15-16H2,1-4H3,(H,30,33)(H,34,35)/t25-/m1/s1. The average molecular weight is 528 g/mol. The van der Waals surface area contributed by atoms with Gasteiger partial charge in [-0.15, -0.1) is 0 Å². The van der Waals surface area contributed by atoms with Gasteiger partial charge in [0.05, 0.1) is 41.9 Å². The third kappa shape index (κ3) is 6.91. The van der Waals surface area contributed by atoms with Crippen LogP contribution >= 0.6 is 12.6 Å². The summed E-state index contributed by atoms with van der Waals surface area (Å²) >= 11 is 4.43. The van der Waals surface area contributed by atoms with Crippen molar-refractivity contribution in [3.8, 4) is 17.1 Å². The number of benzene rings is 2. The molecule has 0 fully saturated rings. The predicted octanol–water partition coefficient (Wildman–Crippen LogP) is 5.36. The number of carbonyl (C=O) groups excluding carboxylic acids is 1. The van der Waals surface area contributed by atoms with E-state index in [0.29, 0.717) is 48.1 Å². The highest BCUT2D eigenvalue weighted by molar-refractivity contribution is 7.81. The van der Waals surface area contributed by atoms with Gasteiger partial charge in [-0.3, -0.25) is 9.36 Å². The zero-order valence-corrected chi connectivity index (χ0v) is 22.5. The van der Waals surface area contributed by atoms with Gasteiger partial charge in [0.15, 0.2) is 0 Å². The molecule has 0 saturated carbocycles. The van der Waals surface area contributed by atoms with Gasteiger partial charge in [-0.2, -0.15) is 17.6 Å². The fourth-order valence-electron chi connectivity index (χ4n) is 4.17. The minimum Gasteiger partial charge on any atom is -0.478 e. The number of ether oxygens (including phenoxy) is 1. The maximum absolute atomic E-state index is 15.3. The molecule has 7 nitrogen and oxygen atoms in total. The molecule has 2 N–H and O–H groups in total. The SMILES string of the molecule is CCOc1nc(CC)c(CNC(=O)[C@H](S)CC(C)C)n1Cc1ccc(-c2ccccc2C(=O)O)cc1F. The van der Waals surface area contributed by atoms with Crippen molar-refractivity contribution in [2.45, 2.75) is 58.9 Å². The Bertz CT molecular complexity index is 1260. The molecule has 0 aliphatic carbocycles. The van der Waals surface area contributed by atoms with Crippen molar-refractivity contribution in [3.63, 3.8) is 0 Å². The van der Waals surface area contributed by atoms with Gasteiger partial charge >= 0.3 is 5.97 Å². The fourth-order valence-corrected chi connectivity index (χ4v) is 4.68. The summed E-state index contributed by atoms with van der Waals surface area (Å²) in [6.45, 7) is 8.61. The first kappa shape index (κ1) is 28.2. The summed E-state index contributed by atoms with van der Waals surface area (Å²) in [6, 6.07) is 11.5. The number of rotatable bonds is 12. The molecule has 1 aromatic heterocycles. The van der Waals surface area contributed by atoms with Gasteiger partial charge in [0.25, 0.3) is 6.01 Å². The minimum absolute atomic E-state index is 0.105. The van der Waals surface area contributed by atoms with Crippen LogP contribution in [0.4, 0.5) is 4.39 Å². The molecule has 1 amide bonds. The molecule has 0 saturated heterocycles. The summed E-state index contributed by atoms with van der Waals surface area (Å²) in [6.07, 6.45) is 1.27. The van der Waals surface area contributed by atoms with E-state index in [4.69, 9.17) is 4.74 Å². The predicted molar refractivity (Wildman–Crippen MR) is 145 cm³/mol. The van der Waals surface area contributed by atoms with Crippen LogP contribution in [0.2, 0.25) is 0 Å². The van der Waals surface area contributed by atoms with Crippen molar-refractivity contribution < 1.29 is 23.8 Å². The number of imidazole rings is 1. The Morgan fingerprint density at radius 2 is 1.92 bits per heavy atom. The second-order valence-electron chi connectivity index (χ2n) is 9.18. The van der Waals surface area contributed by atoms with Crippen molar-refractivity contribution >= 4 is 24.5 Å². The molecular weight excluding hydrogens is 493 g/mol. The van der Waals surface area contributed by atoms with Gasteiger partial charge in [0.1, 0.15) is 5.82 Å². The number of hydrogen-bond donors (Lipinski definition) is 3. The number of nitrogens with zero attached hydrogens (tertiary/aromatic N) is 2. The smallest absolute Gasteiger partial charge is 0.336 e. The van der Waals surface area contributed by atoms with E-state index in [2.05, 4.69) is 22.9 Å². The molecule has 0 unspecified atom stereocenters. The Morgan fingerprint density at radius 1 is 1.19 bits per heavy atom. The van der Waals surface area contributed by atoms with Crippen LogP contribution in [0.5, 0.6) is 6.01 Å². The highest BCUT2D eigenvalue weighted by atomic mass is 32.1. The molecular formula is C28H34FN3O4S. The number of aromatic carboxylic acids is 1. The molecule has 0 spiro atoms. The van der Waals surface area contributed by atoms with Crippen molar-refractivity contribution in [2.24, 2.45) is 5.92 Å². The average Bonchev–Trinajstić information content (AvgIpc) is 3.19. The zero-order chi connectivity index (χ0) is 27.1. The Labute approximate surface area is 222 Å². The van der Waals surface area contributed by atoms with E-state index in [-0.39, 0.29) is 24.6 Å². The monoisotopic (exact) mass is 527 g/mol. The second kappa shape index (κ2) is 12.8. The Balaban J connectivity index is 1.92. The summed E-state index contributed by atoms with van der Waals surface area (Å²) in [4.78, 5) is 28.8. The molecule has 2 aromatic carbocycles. The quantitative estimate of drug-likeness (QED) is 0.276. The number of halogens is 1. The lowest BCUT2D eigenvalue weighted by atomic mass is 9.98. The molecule has 3 rings (SSSR count). The topological polar surface area (TPSA) is 93.5 Å². The molecule has 198 valence electrons. The molecule has 1 atom stereocenters. The lowest BCUT2D eigenvalue weighted by molar-refractivity contribution is -0.121. The number of aryl methyl sites for hydroxylation is 1. The molecule has 9 heteroatoms. The van der Waals surface area contributed by atoms with Crippen molar-refractivity contribution in [3.05, 3.63) is 70.8 Å². The Kier molecular flexibility index (Phi) is 9.74. The van der Waals surface area contributed by atoms with E-state index in [1.807, 2.05) is 27.7 Å². The Hall–Kier alpha value is -3.33. The van der Waals surface area contributed by atoms with Crippen LogP contribution in [0.1, 0.15) is 61.4 Å². The van der Waals surface area contributed by atoms with Crippen molar-refractivity contribution in [1.82, 2.24) is 14.9 Å². The summed E-state index contributed by atoms with van der Waals surface area (Å²) in [7, 11) is 0. The molecule has 0 radical (unpaired) electrons. The van der Waals surface area contributed by atoms with Crippen molar-refractivity contribution in [2.75, 3.05) is 6.61 Å². The van der Waals surface area contributed by atoms with Crippen LogP contribution < -0.4 is 10.1 Å². The zero-order valence-electron chi connectivity index (χ0n) is 21.6. The lowest BCUT2D eigenvalue weighted by Gasteiger charge is -2.16. The largest absolute Gasteiger partial charge is 0.478 e.